The Kier molecular flexibility index (Phi) is 7.28. The van der Waals surface area contributed by atoms with Gasteiger partial charge < -0.3 is 15.0 Å². The largest absolute Gasteiger partial charge is 0.490 e. The quantitative estimate of drug-likeness (QED) is 0.724. The molecule has 1 saturated carbocycles. The van der Waals surface area contributed by atoms with E-state index >= 15 is 0 Å². The Balaban J connectivity index is 1.44. The van der Waals surface area contributed by atoms with Crippen LogP contribution in [0, 0.1) is 6.92 Å². The number of hydrogen-bond donors (Lipinski definition) is 1. The van der Waals surface area contributed by atoms with Crippen molar-refractivity contribution in [2.24, 2.45) is 0 Å². The van der Waals surface area contributed by atoms with Crippen LogP contribution in [-0.4, -0.2) is 36.4 Å². The molecule has 0 saturated heterocycles. The highest BCUT2D eigenvalue weighted by Crippen LogP contribution is 2.25. The van der Waals surface area contributed by atoms with Gasteiger partial charge in [0, 0.05) is 19.2 Å². The van der Waals surface area contributed by atoms with Gasteiger partial charge in [0.1, 0.15) is 5.75 Å². The van der Waals surface area contributed by atoms with Crippen LogP contribution < -0.4 is 10.1 Å². The number of aryl methyl sites for hydroxylation is 2. The van der Waals surface area contributed by atoms with E-state index in [1.165, 1.54) is 17.7 Å². The molecule has 1 N–H and O–H groups in total. The van der Waals surface area contributed by atoms with Crippen molar-refractivity contribution in [3.05, 3.63) is 59.7 Å². The summed E-state index contributed by atoms with van der Waals surface area (Å²) in [5.74, 6) is 0.635. The zero-order valence-electron chi connectivity index (χ0n) is 17.3. The predicted molar refractivity (Wildman–Crippen MR) is 115 cm³/mol. The van der Waals surface area contributed by atoms with Crippen LogP contribution in [0.3, 0.4) is 0 Å². The number of rotatable bonds is 8. The number of nitrogens with zero attached hydrogens (tertiary/aromatic N) is 1. The minimum Gasteiger partial charge on any atom is -0.490 e. The van der Waals surface area contributed by atoms with E-state index in [1.54, 1.807) is 7.05 Å². The van der Waals surface area contributed by atoms with Crippen molar-refractivity contribution in [2.45, 2.75) is 51.6 Å². The van der Waals surface area contributed by atoms with Crippen LogP contribution in [0.5, 0.6) is 5.75 Å². The summed E-state index contributed by atoms with van der Waals surface area (Å²) in [7, 11) is 1.66. The van der Waals surface area contributed by atoms with E-state index in [-0.39, 0.29) is 18.4 Å². The predicted octanol–water partition coefficient (Wildman–Crippen LogP) is 4.35. The van der Waals surface area contributed by atoms with Crippen molar-refractivity contribution in [1.82, 2.24) is 4.90 Å². The van der Waals surface area contributed by atoms with Crippen LogP contribution in [0.15, 0.2) is 48.5 Å². The monoisotopic (exact) mass is 394 g/mol. The van der Waals surface area contributed by atoms with E-state index in [0.29, 0.717) is 18.9 Å². The Morgan fingerprint density at radius 1 is 1.10 bits per heavy atom. The summed E-state index contributed by atoms with van der Waals surface area (Å²) in [6.07, 6.45) is 6.04. The van der Waals surface area contributed by atoms with Crippen LogP contribution in [0.25, 0.3) is 0 Å². The first-order chi connectivity index (χ1) is 14.0. The number of carbonyl (C=O) groups excluding carboxylic acids is 2. The molecular formula is C24H30N2O3. The van der Waals surface area contributed by atoms with Gasteiger partial charge in [-0.15, -0.1) is 0 Å². The van der Waals surface area contributed by atoms with Crippen LogP contribution in [0.4, 0.5) is 5.69 Å². The van der Waals surface area contributed by atoms with Gasteiger partial charge in [0.05, 0.1) is 12.6 Å². The number of hydrogen-bond acceptors (Lipinski definition) is 3. The number of amides is 2. The Morgan fingerprint density at radius 2 is 1.83 bits per heavy atom. The molecule has 1 aliphatic carbocycles. The maximum Gasteiger partial charge on any atom is 0.243 e. The molecule has 0 unspecified atom stereocenters. The van der Waals surface area contributed by atoms with Crippen LogP contribution in [-0.2, 0) is 16.0 Å². The summed E-state index contributed by atoms with van der Waals surface area (Å²) in [5.41, 5.74) is 2.94. The molecule has 2 aromatic rings. The molecule has 0 radical (unpaired) electrons. The first-order valence-electron chi connectivity index (χ1n) is 10.4. The van der Waals surface area contributed by atoms with Gasteiger partial charge in [0.25, 0.3) is 0 Å². The smallest absolute Gasteiger partial charge is 0.243 e. The second-order valence-corrected chi connectivity index (χ2v) is 7.84. The van der Waals surface area contributed by atoms with Crippen LogP contribution in [0.1, 0.15) is 43.2 Å². The van der Waals surface area contributed by atoms with E-state index in [2.05, 4.69) is 5.32 Å². The fourth-order valence-corrected chi connectivity index (χ4v) is 3.56. The van der Waals surface area contributed by atoms with Gasteiger partial charge in [-0.1, -0.05) is 29.8 Å². The molecule has 3 rings (SSSR count). The van der Waals surface area contributed by atoms with Crippen LogP contribution >= 0.6 is 0 Å². The summed E-state index contributed by atoms with van der Waals surface area (Å²) < 4.78 is 6.04. The molecule has 5 heteroatoms. The van der Waals surface area contributed by atoms with E-state index in [9.17, 15) is 9.59 Å². The van der Waals surface area contributed by atoms with E-state index < -0.39 is 0 Å². The highest BCUT2D eigenvalue weighted by molar-refractivity contribution is 5.94. The third-order valence-electron chi connectivity index (χ3n) is 5.27. The summed E-state index contributed by atoms with van der Waals surface area (Å²) in [5, 5.41) is 2.82. The zero-order valence-corrected chi connectivity index (χ0v) is 17.3. The van der Waals surface area contributed by atoms with E-state index in [4.69, 9.17) is 4.74 Å². The summed E-state index contributed by atoms with van der Waals surface area (Å²) >= 11 is 0. The van der Waals surface area contributed by atoms with Crippen molar-refractivity contribution in [2.75, 3.05) is 18.9 Å². The number of likely N-dealkylation sites (N-methyl/N-ethyl adjacent to an activating group) is 1. The molecule has 0 aromatic heterocycles. The van der Waals surface area contributed by atoms with Crippen molar-refractivity contribution >= 4 is 17.5 Å². The SMILES string of the molecule is Cc1ccc(NC(=O)CN(C)C(=O)CCc2cccc(OC3CCCC3)c2)cc1. The summed E-state index contributed by atoms with van der Waals surface area (Å²) in [6, 6.07) is 15.6. The lowest BCUT2D eigenvalue weighted by molar-refractivity contribution is -0.133. The Hall–Kier alpha value is -2.82. The van der Waals surface area contributed by atoms with E-state index in [0.717, 1.165) is 35.4 Å². The molecule has 0 atom stereocenters. The molecule has 2 amide bonds. The normalized spacial score (nSPS) is 13.9. The molecular weight excluding hydrogens is 364 g/mol. The highest BCUT2D eigenvalue weighted by atomic mass is 16.5. The lowest BCUT2D eigenvalue weighted by atomic mass is 10.1. The van der Waals surface area contributed by atoms with Gasteiger partial charge in [-0.2, -0.15) is 0 Å². The Bertz CT molecular complexity index is 826. The van der Waals surface area contributed by atoms with Gasteiger partial charge >= 0.3 is 0 Å². The minimum atomic E-state index is -0.198. The number of benzene rings is 2. The molecule has 1 aliphatic rings. The summed E-state index contributed by atoms with van der Waals surface area (Å²) in [4.78, 5) is 26.1. The fourth-order valence-electron chi connectivity index (χ4n) is 3.56. The maximum absolute atomic E-state index is 12.4. The van der Waals surface area contributed by atoms with E-state index in [1.807, 2.05) is 55.5 Å². The zero-order chi connectivity index (χ0) is 20.6. The number of anilines is 1. The Morgan fingerprint density at radius 3 is 2.55 bits per heavy atom. The van der Waals surface area contributed by atoms with Crippen LogP contribution in [0.2, 0.25) is 0 Å². The van der Waals surface area contributed by atoms with Crippen molar-refractivity contribution in [3.63, 3.8) is 0 Å². The average Bonchev–Trinajstić information content (AvgIpc) is 3.21. The second-order valence-electron chi connectivity index (χ2n) is 7.84. The molecule has 0 spiro atoms. The highest BCUT2D eigenvalue weighted by Gasteiger charge is 2.17. The summed E-state index contributed by atoms with van der Waals surface area (Å²) in [6.45, 7) is 2.03. The number of nitrogens with one attached hydrogen (secondary N) is 1. The Labute approximate surface area is 173 Å². The molecule has 0 heterocycles. The number of ether oxygens (including phenoxy) is 1. The second kappa shape index (κ2) is 10.1. The lowest BCUT2D eigenvalue weighted by Gasteiger charge is -2.17. The molecule has 154 valence electrons. The first-order valence-corrected chi connectivity index (χ1v) is 10.4. The third kappa shape index (κ3) is 6.63. The van der Waals surface area contributed by atoms with Crippen molar-refractivity contribution in [1.29, 1.82) is 0 Å². The van der Waals surface area contributed by atoms with Gasteiger partial charge in [-0.3, -0.25) is 9.59 Å². The van der Waals surface area contributed by atoms with Crippen molar-refractivity contribution in [3.8, 4) is 5.75 Å². The lowest BCUT2D eigenvalue weighted by Crippen LogP contribution is -2.35. The topological polar surface area (TPSA) is 58.6 Å². The third-order valence-corrected chi connectivity index (χ3v) is 5.27. The first kappa shape index (κ1) is 20.9. The van der Waals surface area contributed by atoms with Gasteiger partial charge in [-0.25, -0.2) is 0 Å². The fraction of sp³-hybridized carbons (Fsp3) is 0.417. The molecule has 0 aliphatic heterocycles. The average molecular weight is 395 g/mol. The van der Waals surface area contributed by atoms with Gasteiger partial charge in [-0.05, 0) is 68.9 Å². The van der Waals surface area contributed by atoms with Gasteiger partial charge in [0.15, 0.2) is 0 Å². The molecule has 0 bridgehead atoms. The molecule has 29 heavy (non-hydrogen) atoms. The maximum atomic E-state index is 12.4. The molecule has 1 fully saturated rings. The standard InChI is InChI=1S/C24H30N2O3/c1-18-10-13-20(14-11-18)25-23(27)17-26(2)24(28)15-12-19-6-5-9-22(16-19)29-21-7-3-4-8-21/h5-6,9-11,13-14,16,21H,3-4,7-8,12,15,17H2,1-2H3,(H,25,27). The molecule has 5 nitrogen and oxygen atoms in total. The molecule has 2 aromatic carbocycles. The number of carbonyl (C=O) groups is 2. The van der Waals surface area contributed by atoms with Gasteiger partial charge in [0.2, 0.25) is 11.8 Å². The van der Waals surface area contributed by atoms with Crippen molar-refractivity contribution < 1.29 is 14.3 Å². The minimum absolute atomic E-state index is 0.0392.